The van der Waals surface area contributed by atoms with Crippen LogP contribution >= 0.6 is 0 Å². The molecule has 5 heteroatoms. The summed E-state index contributed by atoms with van der Waals surface area (Å²) in [5.74, 6) is -1.35. The van der Waals surface area contributed by atoms with Gasteiger partial charge in [-0.2, -0.15) is 0 Å². The molecule has 1 amide bonds. The van der Waals surface area contributed by atoms with Crippen LogP contribution in [0.1, 0.15) is 79.6 Å². The average Bonchev–Trinajstić information content (AvgIpc) is 3.44. The van der Waals surface area contributed by atoms with E-state index in [0.29, 0.717) is 11.3 Å². The number of Topliss-reactive ketones (excluding diaryl/α,β-unsaturated/α-hetero) is 2. The van der Waals surface area contributed by atoms with Gasteiger partial charge in [0.25, 0.3) is 0 Å². The first-order valence-corrected chi connectivity index (χ1v) is 15.2. The standard InChI is InChI=1S/C37H40N2O3/c1-6-7-8-11-24-15-17-25(18-16-24)33(40)31-32(34(41)36(3,4)5)39-29-20-14-23(2)22-26(29)19-21-30(39)37(31)27-12-9-10-13-28(27)38-35(37)42/h9-10,12-22,30-32H,6-8,11H2,1-5H3,(H,38,42)/t30-,31-,32+,37+/m0/s1. The highest BCUT2D eigenvalue weighted by Gasteiger charge is 2.70. The van der Waals surface area contributed by atoms with Crippen molar-refractivity contribution >= 4 is 34.9 Å². The molecule has 1 N–H and O–H groups in total. The van der Waals surface area contributed by atoms with Crippen molar-refractivity contribution in [3.8, 4) is 0 Å². The number of amides is 1. The van der Waals surface area contributed by atoms with Crippen molar-refractivity contribution < 1.29 is 14.4 Å². The minimum atomic E-state index is -1.27. The number of fused-ring (bicyclic) bond motifs is 6. The highest BCUT2D eigenvalue weighted by atomic mass is 16.2. The zero-order valence-electron chi connectivity index (χ0n) is 25.2. The topological polar surface area (TPSA) is 66.5 Å². The highest BCUT2D eigenvalue weighted by molar-refractivity contribution is 6.17. The molecular formula is C37H40N2O3. The number of carbonyl (C=O) groups is 3. The van der Waals surface area contributed by atoms with Crippen LogP contribution in [-0.2, 0) is 21.4 Å². The summed E-state index contributed by atoms with van der Waals surface area (Å²) in [6, 6.07) is 20.3. The number of hydrogen-bond donors (Lipinski definition) is 1. The van der Waals surface area contributed by atoms with Gasteiger partial charge in [-0.1, -0.05) is 107 Å². The van der Waals surface area contributed by atoms with Crippen molar-refractivity contribution in [1.29, 1.82) is 0 Å². The number of carbonyl (C=O) groups excluding carboxylic acids is 3. The fourth-order valence-electron chi connectivity index (χ4n) is 7.34. The molecule has 5 nitrogen and oxygen atoms in total. The Balaban J connectivity index is 1.57. The van der Waals surface area contributed by atoms with Crippen LogP contribution in [0.4, 0.5) is 11.4 Å². The van der Waals surface area contributed by atoms with Gasteiger partial charge in [0.15, 0.2) is 11.6 Å². The highest BCUT2D eigenvalue weighted by Crippen LogP contribution is 2.58. The van der Waals surface area contributed by atoms with E-state index in [2.05, 4.69) is 29.3 Å². The summed E-state index contributed by atoms with van der Waals surface area (Å²) in [4.78, 5) is 46.0. The van der Waals surface area contributed by atoms with E-state index in [-0.39, 0.29) is 17.5 Å². The first kappa shape index (κ1) is 28.1. The Morgan fingerprint density at radius 1 is 0.976 bits per heavy atom. The van der Waals surface area contributed by atoms with E-state index in [4.69, 9.17) is 0 Å². The van der Waals surface area contributed by atoms with Gasteiger partial charge >= 0.3 is 0 Å². The summed E-state index contributed by atoms with van der Waals surface area (Å²) in [7, 11) is 0. The van der Waals surface area contributed by atoms with E-state index in [0.717, 1.165) is 41.6 Å². The second kappa shape index (κ2) is 10.4. The number of benzene rings is 3. The quantitative estimate of drug-likeness (QED) is 0.243. The average molecular weight is 561 g/mol. The van der Waals surface area contributed by atoms with Gasteiger partial charge in [0.1, 0.15) is 11.5 Å². The number of para-hydroxylation sites is 1. The minimum absolute atomic E-state index is 0.0436. The molecule has 3 aromatic carbocycles. The minimum Gasteiger partial charge on any atom is -0.352 e. The summed E-state index contributed by atoms with van der Waals surface area (Å²) in [5, 5.41) is 3.11. The largest absolute Gasteiger partial charge is 0.352 e. The van der Waals surface area contributed by atoms with Crippen LogP contribution in [0.2, 0.25) is 0 Å². The van der Waals surface area contributed by atoms with Crippen LogP contribution in [0, 0.1) is 18.3 Å². The Labute approximate surface area is 249 Å². The number of ketones is 2. The van der Waals surface area contributed by atoms with E-state index in [1.54, 1.807) is 0 Å². The third-order valence-electron chi connectivity index (χ3n) is 9.39. The molecule has 6 rings (SSSR count). The molecule has 0 aromatic heterocycles. The lowest BCUT2D eigenvalue weighted by Gasteiger charge is -2.38. The van der Waals surface area contributed by atoms with Gasteiger partial charge in [0, 0.05) is 22.4 Å². The molecular weight excluding hydrogens is 520 g/mol. The molecule has 0 radical (unpaired) electrons. The first-order chi connectivity index (χ1) is 20.1. The SMILES string of the molecule is CCCCCc1ccc(C(=O)[C@@H]2[C@H](C(=O)C(C)(C)C)N3c4ccc(C)cc4C=C[C@H]3[C@@]23C(=O)Nc2ccccc23)cc1. The molecule has 3 aliphatic heterocycles. The molecule has 1 fully saturated rings. The van der Waals surface area contributed by atoms with E-state index in [1.807, 2.05) is 94.4 Å². The number of nitrogens with zero attached hydrogens (tertiary/aromatic N) is 1. The molecule has 1 spiro atoms. The molecule has 4 atom stereocenters. The van der Waals surface area contributed by atoms with Crippen molar-refractivity contribution in [2.45, 2.75) is 77.8 Å². The Bertz CT molecular complexity index is 1600. The van der Waals surface area contributed by atoms with Crippen molar-refractivity contribution in [2.24, 2.45) is 11.3 Å². The third kappa shape index (κ3) is 4.24. The molecule has 3 aromatic rings. The smallest absolute Gasteiger partial charge is 0.238 e. The van der Waals surface area contributed by atoms with Crippen LogP contribution in [0.25, 0.3) is 6.08 Å². The number of hydrogen-bond acceptors (Lipinski definition) is 4. The first-order valence-electron chi connectivity index (χ1n) is 15.2. The van der Waals surface area contributed by atoms with E-state index in [1.165, 1.54) is 12.0 Å². The maximum Gasteiger partial charge on any atom is 0.238 e. The number of rotatable bonds is 7. The molecule has 3 heterocycles. The molecule has 1 saturated heterocycles. The molecule has 0 unspecified atom stereocenters. The third-order valence-corrected chi connectivity index (χ3v) is 9.39. The van der Waals surface area contributed by atoms with Crippen molar-refractivity contribution in [3.63, 3.8) is 0 Å². The van der Waals surface area contributed by atoms with Gasteiger partial charge < -0.3 is 10.2 Å². The molecule has 0 aliphatic carbocycles. The van der Waals surface area contributed by atoms with Crippen molar-refractivity contribution in [3.05, 3.63) is 101 Å². The molecule has 42 heavy (non-hydrogen) atoms. The Hall–Kier alpha value is -3.99. The second-order valence-corrected chi connectivity index (χ2v) is 13.2. The summed E-state index contributed by atoms with van der Waals surface area (Å²) in [6.07, 6.45) is 8.49. The Morgan fingerprint density at radius 2 is 1.71 bits per heavy atom. The lowest BCUT2D eigenvalue weighted by Crippen LogP contribution is -2.51. The number of aryl methyl sites for hydroxylation is 2. The summed E-state index contributed by atoms with van der Waals surface area (Å²) in [5.41, 5.74) is 4.20. The molecule has 0 bridgehead atoms. The van der Waals surface area contributed by atoms with Gasteiger partial charge in [0.2, 0.25) is 5.91 Å². The van der Waals surface area contributed by atoms with Crippen LogP contribution in [0.15, 0.2) is 72.8 Å². The maximum absolute atomic E-state index is 14.9. The predicted molar refractivity (Wildman–Crippen MR) is 169 cm³/mol. The molecule has 3 aliphatic rings. The van der Waals surface area contributed by atoms with E-state index in [9.17, 15) is 14.4 Å². The lowest BCUT2D eigenvalue weighted by molar-refractivity contribution is -0.128. The van der Waals surface area contributed by atoms with Gasteiger partial charge in [-0.3, -0.25) is 14.4 Å². The van der Waals surface area contributed by atoms with Crippen molar-refractivity contribution in [2.75, 3.05) is 10.2 Å². The summed E-state index contributed by atoms with van der Waals surface area (Å²) < 4.78 is 0. The second-order valence-electron chi connectivity index (χ2n) is 13.2. The van der Waals surface area contributed by atoms with Crippen LogP contribution < -0.4 is 10.2 Å². The zero-order chi connectivity index (χ0) is 29.8. The van der Waals surface area contributed by atoms with Gasteiger partial charge in [-0.15, -0.1) is 0 Å². The number of nitrogens with one attached hydrogen (secondary N) is 1. The van der Waals surface area contributed by atoms with Crippen LogP contribution in [-0.4, -0.2) is 29.6 Å². The van der Waals surface area contributed by atoms with Gasteiger partial charge in [-0.05, 0) is 54.7 Å². The lowest BCUT2D eigenvalue weighted by atomic mass is 9.63. The van der Waals surface area contributed by atoms with Crippen LogP contribution in [0.3, 0.4) is 0 Å². The molecule has 216 valence electrons. The van der Waals surface area contributed by atoms with E-state index < -0.39 is 28.8 Å². The van der Waals surface area contributed by atoms with Gasteiger partial charge in [-0.25, -0.2) is 0 Å². The van der Waals surface area contributed by atoms with E-state index >= 15 is 0 Å². The van der Waals surface area contributed by atoms with Crippen LogP contribution in [0.5, 0.6) is 0 Å². The maximum atomic E-state index is 14.9. The number of anilines is 2. The fourth-order valence-corrected chi connectivity index (χ4v) is 7.34. The van der Waals surface area contributed by atoms with Crippen molar-refractivity contribution in [1.82, 2.24) is 0 Å². The Kier molecular flexibility index (Phi) is 6.95. The molecule has 0 saturated carbocycles. The Morgan fingerprint density at radius 3 is 2.43 bits per heavy atom. The summed E-state index contributed by atoms with van der Waals surface area (Å²) in [6.45, 7) is 9.94. The van der Waals surface area contributed by atoms with Gasteiger partial charge in [0.05, 0.1) is 12.0 Å². The predicted octanol–water partition coefficient (Wildman–Crippen LogP) is 7.32. The normalized spacial score (nSPS) is 23.9. The zero-order valence-corrected chi connectivity index (χ0v) is 25.2. The fraction of sp³-hybridized carbons (Fsp3) is 0.378. The number of unbranched alkanes of at least 4 members (excludes halogenated alkanes) is 2. The summed E-state index contributed by atoms with van der Waals surface area (Å²) >= 11 is 0. The monoisotopic (exact) mass is 560 g/mol.